The normalized spacial score (nSPS) is 21.0. The molecule has 0 spiro atoms. The van der Waals surface area contributed by atoms with Gasteiger partial charge in [-0.15, -0.1) is 10.2 Å². The standard InChI is InChI=1S/C21H24ClN5O4/c1-12(2)26(10-16-24-25-18(31-16)14-6-4-5-7-15(14)22)17(28)11-27-19(29)21(3,13-8-9-13)23-20(27)30/h4-7,12-13H,8-11H2,1-3H3,(H,23,30). The fourth-order valence-corrected chi connectivity index (χ4v) is 4.00. The van der Waals surface area contributed by atoms with Crippen LogP contribution in [0.1, 0.15) is 39.5 Å². The van der Waals surface area contributed by atoms with Crippen molar-refractivity contribution >= 4 is 29.4 Å². The highest BCUT2D eigenvalue weighted by atomic mass is 35.5. The monoisotopic (exact) mass is 445 g/mol. The molecular weight excluding hydrogens is 422 g/mol. The Bertz CT molecular complexity index is 1030. The van der Waals surface area contributed by atoms with Crippen molar-refractivity contribution in [3.8, 4) is 11.5 Å². The minimum atomic E-state index is -0.920. The second kappa shape index (κ2) is 7.96. The maximum atomic E-state index is 13.0. The summed E-state index contributed by atoms with van der Waals surface area (Å²) in [5.41, 5.74) is -0.319. The third kappa shape index (κ3) is 4.01. The second-order valence-electron chi connectivity index (χ2n) is 8.39. The third-order valence-corrected chi connectivity index (χ3v) is 6.14. The minimum absolute atomic E-state index is 0.0531. The number of urea groups is 1. The van der Waals surface area contributed by atoms with Gasteiger partial charge in [0.15, 0.2) is 0 Å². The molecule has 1 saturated heterocycles. The van der Waals surface area contributed by atoms with Gasteiger partial charge in [0, 0.05) is 6.04 Å². The van der Waals surface area contributed by atoms with E-state index in [9.17, 15) is 14.4 Å². The van der Waals surface area contributed by atoms with Gasteiger partial charge in [0.25, 0.3) is 5.91 Å². The largest absolute Gasteiger partial charge is 0.419 e. The number of rotatable bonds is 7. The smallest absolute Gasteiger partial charge is 0.325 e. The van der Waals surface area contributed by atoms with Crippen LogP contribution in [0.5, 0.6) is 0 Å². The highest BCUT2D eigenvalue weighted by Crippen LogP contribution is 2.42. The van der Waals surface area contributed by atoms with E-state index in [2.05, 4.69) is 15.5 Å². The van der Waals surface area contributed by atoms with E-state index >= 15 is 0 Å². The average molecular weight is 446 g/mol. The van der Waals surface area contributed by atoms with Crippen molar-refractivity contribution in [3.63, 3.8) is 0 Å². The molecule has 1 aliphatic heterocycles. The Morgan fingerprint density at radius 2 is 2.03 bits per heavy atom. The molecular formula is C21H24ClN5O4. The molecule has 1 aromatic carbocycles. The number of amides is 4. The number of benzene rings is 1. The van der Waals surface area contributed by atoms with E-state index < -0.39 is 11.6 Å². The van der Waals surface area contributed by atoms with E-state index in [0.29, 0.717) is 10.6 Å². The highest BCUT2D eigenvalue weighted by molar-refractivity contribution is 6.33. The van der Waals surface area contributed by atoms with Gasteiger partial charge in [-0.1, -0.05) is 23.7 Å². The molecule has 4 amide bonds. The summed E-state index contributed by atoms with van der Waals surface area (Å²) in [5, 5.41) is 11.3. The van der Waals surface area contributed by atoms with Crippen molar-refractivity contribution in [1.29, 1.82) is 0 Å². The van der Waals surface area contributed by atoms with Gasteiger partial charge >= 0.3 is 6.03 Å². The van der Waals surface area contributed by atoms with Crippen molar-refractivity contribution in [1.82, 2.24) is 25.3 Å². The molecule has 10 heteroatoms. The molecule has 0 radical (unpaired) electrons. The maximum absolute atomic E-state index is 13.0. The Labute approximate surface area is 184 Å². The first kappa shape index (κ1) is 21.3. The maximum Gasteiger partial charge on any atom is 0.325 e. The first-order valence-corrected chi connectivity index (χ1v) is 10.6. The zero-order valence-corrected chi connectivity index (χ0v) is 18.3. The first-order valence-electron chi connectivity index (χ1n) is 10.2. The minimum Gasteiger partial charge on any atom is -0.419 e. The molecule has 1 atom stereocenters. The number of hydrogen-bond acceptors (Lipinski definition) is 6. The molecule has 1 aromatic heterocycles. The molecule has 0 bridgehead atoms. The van der Waals surface area contributed by atoms with E-state index in [4.69, 9.17) is 16.0 Å². The molecule has 164 valence electrons. The van der Waals surface area contributed by atoms with Crippen LogP contribution in [-0.2, 0) is 16.1 Å². The summed E-state index contributed by atoms with van der Waals surface area (Å²) in [5.74, 6) is -0.109. The first-order chi connectivity index (χ1) is 14.7. The van der Waals surface area contributed by atoms with Crippen LogP contribution in [0.25, 0.3) is 11.5 Å². The lowest BCUT2D eigenvalue weighted by atomic mass is 9.96. The predicted molar refractivity (Wildman–Crippen MR) is 112 cm³/mol. The summed E-state index contributed by atoms with van der Waals surface area (Å²) in [4.78, 5) is 40.7. The van der Waals surface area contributed by atoms with E-state index in [1.807, 2.05) is 19.9 Å². The van der Waals surface area contributed by atoms with Gasteiger partial charge in [0.05, 0.1) is 17.1 Å². The fourth-order valence-electron chi connectivity index (χ4n) is 3.79. The van der Waals surface area contributed by atoms with Crippen LogP contribution < -0.4 is 5.32 Å². The molecule has 2 aromatic rings. The van der Waals surface area contributed by atoms with Crippen molar-refractivity contribution in [2.75, 3.05) is 6.54 Å². The average Bonchev–Trinajstić information content (AvgIpc) is 3.44. The number of carbonyl (C=O) groups is 3. The molecule has 2 heterocycles. The van der Waals surface area contributed by atoms with Crippen molar-refractivity contribution in [2.24, 2.45) is 5.92 Å². The number of nitrogens with zero attached hydrogens (tertiary/aromatic N) is 4. The summed E-state index contributed by atoms with van der Waals surface area (Å²) < 4.78 is 5.71. The van der Waals surface area contributed by atoms with Gasteiger partial charge in [0.1, 0.15) is 12.1 Å². The van der Waals surface area contributed by atoms with Gasteiger partial charge in [-0.05, 0) is 51.7 Å². The second-order valence-corrected chi connectivity index (χ2v) is 8.80. The lowest BCUT2D eigenvalue weighted by molar-refractivity contribution is -0.140. The Hall–Kier alpha value is -2.94. The van der Waals surface area contributed by atoms with Crippen LogP contribution in [0.15, 0.2) is 28.7 Å². The number of nitrogens with one attached hydrogen (secondary N) is 1. The number of aromatic nitrogens is 2. The summed E-state index contributed by atoms with van der Waals surface area (Å²) in [6.45, 7) is 5.12. The molecule has 4 rings (SSSR count). The predicted octanol–water partition coefficient (Wildman–Crippen LogP) is 2.85. The van der Waals surface area contributed by atoms with Gasteiger partial charge < -0.3 is 14.6 Å². The van der Waals surface area contributed by atoms with Gasteiger partial charge in [-0.3, -0.25) is 14.5 Å². The number of halogens is 1. The molecule has 9 nitrogen and oxygen atoms in total. The van der Waals surface area contributed by atoms with E-state index in [0.717, 1.165) is 17.7 Å². The zero-order chi connectivity index (χ0) is 22.3. The highest BCUT2D eigenvalue weighted by Gasteiger charge is 2.56. The van der Waals surface area contributed by atoms with Crippen LogP contribution in [0.3, 0.4) is 0 Å². The third-order valence-electron chi connectivity index (χ3n) is 5.81. The Morgan fingerprint density at radius 1 is 1.32 bits per heavy atom. The zero-order valence-electron chi connectivity index (χ0n) is 17.6. The Kier molecular flexibility index (Phi) is 5.47. The Morgan fingerprint density at radius 3 is 2.68 bits per heavy atom. The molecule has 1 N–H and O–H groups in total. The van der Waals surface area contributed by atoms with Crippen LogP contribution in [0.4, 0.5) is 4.79 Å². The Balaban J connectivity index is 1.47. The summed E-state index contributed by atoms with van der Waals surface area (Å²) in [7, 11) is 0. The summed E-state index contributed by atoms with van der Waals surface area (Å²) in [6.07, 6.45) is 1.79. The van der Waals surface area contributed by atoms with Crippen molar-refractivity contribution in [3.05, 3.63) is 35.2 Å². The van der Waals surface area contributed by atoms with Crippen LogP contribution in [-0.4, -0.2) is 56.0 Å². The van der Waals surface area contributed by atoms with E-state index in [1.165, 1.54) is 4.90 Å². The quantitative estimate of drug-likeness (QED) is 0.656. The molecule has 1 saturated carbocycles. The van der Waals surface area contributed by atoms with Crippen LogP contribution >= 0.6 is 11.6 Å². The fraction of sp³-hybridized carbons (Fsp3) is 0.476. The summed E-state index contributed by atoms with van der Waals surface area (Å²) in [6, 6.07) is 6.35. The van der Waals surface area contributed by atoms with E-state index in [1.54, 1.807) is 25.1 Å². The molecule has 31 heavy (non-hydrogen) atoms. The molecule has 2 aliphatic rings. The van der Waals surface area contributed by atoms with Crippen LogP contribution in [0.2, 0.25) is 5.02 Å². The lowest BCUT2D eigenvalue weighted by Crippen LogP contribution is -2.48. The van der Waals surface area contributed by atoms with Crippen LogP contribution in [0, 0.1) is 5.92 Å². The SMILES string of the molecule is CC(C)N(Cc1nnc(-c2ccccc2Cl)o1)C(=O)CN1C(=O)NC(C)(C2CC2)C1=O. The van der Waals surface area contributed by atoms with E-state index in [-0.39, 0.29) is 48.6 Å². The summed E-state index contributed by atoms with van der Waals surface area (Å²) >= 11 is 6.18. The lowest BCUT2D eigenvalue weighted by Gasteiger charge is -2.27. The molecule has 1 unspecified atom stereocenters. The van der Waals surface area contributed by atoms with Gasteiger partial charge in [0.2, 0.25) is 17.7 Å². The van der Waals surface area contributed by atoms with Gasteiger partial charge in [-0.25, -0.2) is 4.79 Å². The number of hydrogen-bond donors (Lipinski definition) is 1. The topological polar surface area (TPSA) is 109 Å². The molecule has 1 aliphatic carbocycles. The van der Waals surface area contributed by atoms with Gasteiger partial charge in [-0.2, -0.15) is 0 Å². The van der Waals surface area contributed by atoms with Crippen molar-refractivity contribution < 1.29 is 18.8 Å². The number of imide groups is 1. The molecule has 2 fully saturated rings. The number of carbonyl (C=O) groups excluding carboxylic acids is 3. The van der Waals surface area contributed by atoms with Crippen molar-refractivity contribution in [2.45, 2.75) is 51.7 Å².